The summed E-state index contributed by atoms with van der Waals surface area (Å²) in [7, 11) is 0. The van der Waals surface area contributed by atoms with Crippen LogP contribution in [-0.4, -0.2) is 12.6 Å². The van der Waals surface area contributed by atoms with Crippen LogP contribution in [0.1, 0.15) is 52.4 Å². The first-order valence-electron chi connectivity index (χ1n) is 8.98. The molecule has 3 heteroatoms. The van der Waals surface area contributed by atoms with Gasteiger partial charge in [0.15, 0.2) is 0 Å². The van der Waals surface area contributed by atoms with E-state index in [0.717, 1.165) is 18.2 Å². The first-order valence-corrected chi connectivity index (χ1v) is 8.98. The monoisotopic (exact) mass is 312 g/mol. The zero-order valence-corrected chi connectivity index (χ0v) is 14.3. The van der Waals surface area contributed by atoms with Crippen LogP contribution in [0.4, 0.5) is 10.5 Å². The average Bonchev–Trinajstić information content (AvgIpc) is 2.42. The summed E-state index contributed by atoms with van der Waals surface area (Å²) in [6, 6.07) is 9.62. The van der Waals surface area contributed by atoms with E-state index in [0.29, 0.717) is 16.2 Å². The van der Waals surface area contributed by atoms with Crippen LogP contribution in [0.3, 0.4) is 0 Å². The first-order chi connectivity index (χ1) is 10.9. The Labute approximate surface area is 139 Å². The molecule has 0 spiro atoms. The van der Waals surface area contributed by atoms with Crippen molar-refractivity contribution in [3.63, 3.8) is 0 Å². The van der Waals surface area contributed by atoms with E-state index in [2.05, 4.69) is 24.5 Å². The van der Waals surface area contributed by atoms with Gasteiger partial charge in [-0.2, -0.15) is 0 Å². The number of anilines is 1. The highest BCUT2D eigenvalue weighted by molar-refractivity contribution is 5.89. The van der Waals surface area contributed by atoms with E-state index in [1.54, 1.807) is 0 Å². The molecule has 0 radical (unpaired) electrons. The third-order valence-corrected chi connectivity index (χ3v) is 6.40. The van der Waals surface area contributed by atoms with Crippen molar-refractivity contribution in [2.24, 2.45) is 22.2 Å². The van der Waals surface area contributed by atoms with Crippen LogP contribution < -0.4 is 10.6 Å². The fourth-order valence-corrected chi connectivity index (χ4v) is 6.85. The van der Waals surface area contributed by atoms with E-state index < -0.39 is 0 Å². The molecule has 4 bridgehead atoms. The van der Waals surface area contributed by atoms with E-state index in [-0.39, 0.29) is 6.03 Å². The molecule has 124 valence electrons. The largest absolute Gasteiger partial charge is 0.337 e. The predicted octanol–water partition coefficient (Wildman–Crippen LogP) is 4.80. The quantitative estimate of drug-likeness (QED) is 0.826. The molecule has 0 unspecified atom stereocenters. The Hall–Kier alpha value is -1.51. The Balaban J connectivity index is 1.42. The van der Waals surface area contributed by atoms with Crippen molar-refractivity contribution in [1.82, 2.24) is 5.32 Å². The number of hydrogen-bond acceptors (Lipinski definition) is 1. The smallest absolute Gasteiger partial charge is 0.319 e. The molecule has 4 fully saturated rings. The van der Waals surface area contributed by atoms with Crippen LogP contribution in [-0.2, 0) is 0 Å². The average molecular weight is 312 g/mol. The van der Waals surface area contributed by atoms with Gasteiger partial charge < -0.3 is 10.6 Å². The van der Waals surface area contributed by atoms with Gasteiger partial charge in [0.05, 0.1) is 0 Å². The summed E-state index contributed by atoms with van der Waals surface area (Å²) in [5, 5.41) is 6.12. The molecule has 5 rings (SSSR count). The van der Waals surface area contributed by atoms with Gasteiger partial charge in [-0.25, -0.2) is 4.79 Å². The molecule has 4 aliphatic carbocycles. The molecule has 2 atom stereocenters. The summed E-state index contributed by atoms with van der Waals surface area (Å²) in [6.07, 6.45) is 8.08. The minimum Gasteiger partial charge on any atom is -0.337 e. The van der Waals surface area contributed by atoms with Gasteiger partial charge in [-0.15, -0.1) is 0 Å². The van der Waals surface area contributed by atoms with Crippen molar-refractivity contribution in [1.29, 1.82) is 0 Å². The lowest BCUT2D eigenvalue weighted by molar-refractivity contribution is -0.142. The number of amides is 2. The van der Waals surface area contributed by atoms with E-state index in [1.807, 2.05) is 30.3 Å². The Morgan fingerprint density at radius 2 is 1.70 bits per heavy atom. The molecule has 3 nitrogen and oxygen atoms in total. The summed E-state index contributed by atoms with van der Waals surface area (Å²) in [4.78, 5) is 12.2. The number of carbonyl (C=O) groups is 1. The van der Waals surface area contributed by atoms with E-state index in [1.165, 1.54) is 38.5 Å². The number of carbonyl (C=O) groups excluding carboxylic acids is 1. The van der Waals surface area contributed by atoms with Gasteiger partial charge in [-0.1, -0.05) is 32.0 Å². The minimum absolute atomic E-state index is 0.0674. The molecular weight excluding hydrogens is 284 g/mol. The molecule has 4 saturated carbocycles. The lowest BCUT2D eigenvalue weighted by Gasteiger charge is -2.65. The van der Waals surface area contributed by atoms with Gasteiger partial charge in [0.1, 0.15) is 0 Å². The van der Waals surface area contributed by atoms with Crippen molar-refractivity contribution >= 4 is 11.7 Å². The highest BCUT2D eigenvalue weighted by Crippen LogP contribution is 2.69. The van der Waals surface area contributed by atoms with Gasteiger partial charge in [0.25, 0.3) is 0 Å². The first kappa shape index (κ1) is 15.0. The molecule has 2 N–H and O–H groups in total. The zero-order valence-electron chi connectivity index (χ0n) is 14.3. The van der Waals surface area contributed by atoms with Crippen LogP contribution in [0, 0.1) is 22.2 Å². The predicted molar refractivity (Wildman–Crippen MR) is 93.3 cm³/mol. The maximum Gasteiger partial charge on any atom is 0.319 e. The summed E-state index contributed by atoms with van der Waals surface area (Å²) >= 11 is 0. The van der Waals surface area contributed by atoms with E-state index in [4.69, 9.17) is 0 Å². The second kappa shape index (κ2) is 4.99. The molecule has 0 heterocycles. The lowest BCUT2D eigenvalue weighted by atomic mass is 9.40. The van der Waals surface area contributed by atoms with Gasteiger partial charge >= 0.3 is 6.03 Å². The molecule has 0 aromatic heterocycles. The highest BCUT2D eigenvalue weighted by Gasteiger charge is 2.59. The van der Waals surface area contributed by atoms with Crippen LogP contribution in [0.25, 0.3) is 0 Å². The molecule has 0 aliphatic heterocycles. The number of para-hydroxylation sites is 1. The number of hydrogen-bond donors (Lipinski definition) is 2. The Morgan fingerprint density at radius 1 is 1.04 bits per heavy atom. The third-order valence-electron chi connectivity index (χ3n) is 6.40. The Kier molecular flexibility index (Phi) is 3.26. The van der Waals surface area contributed by atoms with Crippen molar-refractivity contribution in [2.75, 3.05) is 11.9 Å². The van der Waals surface area contributed by atoms with Crippen molar-refractivity contribution in [3.8, 4) is 0 Å². The number of nitrogens with one attached hydrogen (secondary N) is 2. The maximum absolute atomic E-state index is 12.2. The van der Waals surface area contributed by atoms with Crippen LogP contribution in [0.2, 0.25) is 0 Å². The molecule has 4 aliphatic rings. The number of benzene rings is 1. The summed E-state index contributed by atoms with van der Waals surface area (Å²) < 4.78 is 0. The topological polar surface area (TPSA) is 41.1 Å². The summed E-state index contributed by atoms with van der Waals surface area (Å²) in [5.74, 6) is 0.875. The van der Waals surface area contributed by atoms with Crippen molar-refractivity contribution < 1.29 is 4.79 Å². The molecule has 1 aromatic rings. The van der Waals surface area contributed by atoms with Crippen molar-refractivity contribution in [3.05, 3.63) is 30.3 Å². The second-order valence-corrected chi connectivity index (χ2v) is 9.30. The lowest BCUT2D eigenvalue weighted by Crippen LogP contribution is -2.58. The molecule has 2 amide bonds. The standard InChI is InChI=1S/C20H28N2O/c1-18-8-15-9-19(2,11-18)13-20(10-15,12-18)14-21-17(23)22-16-6-4-3-5-7-16/h3-7,15H,8-14H2,1-2H3,(H2,21,22,23)/t15?,18-,19-,20?/m1/s1. The fourth-order valence-electron chi connectivity index (χ4n) is 6.85. The fraction of sp³-hybridized carbons (Fsp3) is 0.650. The molecule has 23 heavy (non-hydrogen) atoms. The van der Waals surface area contributed by atoms with E-state index in [9.17, 15) is 4.79 Å². The summed E-state index contributed by atoms with van der Waals surface area (Å²) in [6.45, 7) is 5.79. The van der Waals surface area contributed by atoms with Gasteiger partial charge in [-0.05, 0) is 72.8 Å². The maximum atomic E-state index is 12.2. The highest BCUT2D eigenvalue weighted by atomic mass is 16.2. The molecule has 0 saturated heterocycles. The second-order valence-electron chi connectivity index (χ2n) is 9.30. The normalized spacial score (nSPS) is 40.9. The Bertz CT molecular complexity index is 593. The summed E-state index contributed by atoms with van der Waals surface area (Å²) in [5.41, 5.74) is 2.20. The van der Waals surface area contributed by atoms with Crippen molar-refractivity contribution in [2.45, 2.75) is 52.4 Å². The van der Waals surface area contributed by atoms with Crippen LogP contribution in [0.5, 0.6) is 0 Å². The van der Waals surface area contributed by atoms with Gasteiger partial charge in [-0.3, -0.25) is 0 Å². The minimum atomic E-state index is -0.0674. The van der Waals surface area contributed by atoms with Crippen LogP contribution >= 0.6 is 0 Å². The van der Waals surface area contributed by atoms with Gasteiger partial charge in [0, 0.05) is 12.2 Å². The molecule has 1 aromatic carbocycles. The zero-order chi connectivity index (χ0) is 16.1. The van der Waals surface area contributed by atoms with Crippen LogP contribution in [0.15, 0.2) is 30.3 Å². The number of urea groups is 1. The molecular formula is C20H28N2O. The Morgan fingerprint density at radius 3 is 2.30 bits per heavy atom. The SMILES string of the molecule is C[C@]12CC3CC(CNC(=O)Nc4ccccc4)(C1)C[C@](C)(C3)C2. The third kappa shape index (κ3) is 2.86. The van der Waals surface area contributed by atoms with Gasteiger partial charge in [0.2, 0.25) is 0 Å². The number of rotatable bonds is 3. The van der Waals surface area contributed by atoms with E-state index >= 15 is 0 Å².